The number of halogens is 1. The molecule has 23 heavy (non-hydrogen) atoms. The molecule has 118 valence electrons. The Bertz CT molecular complexity index is 727. The number of nitrogens with zero attached hydrogens (tertiary/aromatic N) is 1. The number of benzene rings is 2. The van der Waals surface area contributed by atoms with Crippen molar-refractivity contribution in [3.63, 3.8) is 0 Å². The van der Waals surface area contributed by atoms with Crippen LogP contribution in [0, 0.1) is 6.92 Å². The van der Waals surface area contributed by atoms with E-state index in [1.807, 2.05) is 19.1 Å². The summed E-state index contributed by atoms with van der Waals surface area (Å²) in [6.45, 7) is 1.78. The number of hydrogen-bond acceptors (Lipinski definition) is 3. The number of amides is 2. The first kappa shape index (κ1) is 16.7. The average Bonchev–Trinajstić information content (AvgIpc) is 2.53. The van der Waals surface area contributed by atoms with E-state index in [0.29, 0.717) is 10.6 Å². The third kappa shape index (κ3) is 5.56. The molecule has 2 aromatic carbocycles. The van der Waals surface area contributed by atoms with E-state index in [1.54, 1.807) is 36.4 Å². The lowest BCUT2D eigenvalue weighted by Gasteiger charge is -2.04. The van der Waals surface area contributed by atoms with Gasteiger partial charge in [-0.25, -0.2) is 5.43 Å². The molecular formula is C17H16ClN3O2. The number of carbonyl (C=O) groups excluding carboxylic acids is 2. The summed E-state index contributed by atoms with van der Waals surface area (Å²) in [5.41, 5.74) is 4.67. The zero-order valence-corrected chi connectivity index (χ0v) is 13.3. The summed E-state index contributed by atoms with van der Waals surface area (Å²) in [5, 5.41) is 6.93. The molecule has 0 heterocycles. The fourth-order valence-corrected chi connectivity index (χ4v) is 1.97. The number of hydrazone groups is 1. The molecule has 2 amide bonds. The molecule has 0 saturated carbocycles. The van der Waals surface area contributed by atoms with Gasteiger partial charge in [-0.3, -0.25) is 9.59 Å². The lowest BCUT2D eigenvalue weighted by molar-refractivity contribution is -0.120. The Balaban J connectivity index is 1.78. The Morgan fingerprint density at radius 1 is 1.17 bits per heavy atom. The summed E-state index contributed by atoms with van der Waals surface area (Å²) < 4.78 is 0. The first-order chi connectivity index (χ1) is 11.0. The van der Waals surface area contributed by atoms with Crippen molar-refractivity contribution in [2.75, 3.05) is 6.54 Å². The zero-order chi connectivity index (χ0) is 16.7. The molecule has 0 saturated heterocycles. The lowest BCUT2D eigenvalue weighted by Crippen LogP contribution is -2.34. The maximum Gasteiger partial charge on any atom is 0.259 e. The highest BCUT2D eigenvalue weighted by Gasteiger charge is 2.06. The highest BCUT2D eigenvalue weighted by atomic mass is 35.5. The molecule has 0 aliphatic rings. The van der Waals surface area contributed by atoms with Gasteiger partial charge in [0, 0.05) is 10.6 Å². The molecule has 0 aliphatic heterocycles. The van der Waals surface area contributed by atoms with Gasteiger partial charge in [0.25, 0.3) is 11.8 Å². The Kier molecular flexibility index (Phi) is 5.88. The smallest absolute Gasteiger partial charge is 0.259 e. The normalized spacial score (nSPS) is 10.5. The number of nitrogens with one attached hydrogen (secondary N) is 2. The summed E-state index contributed by atoms with van der Waals surface area (Å²) in [6, 6.07) is 14.1. The lowest BCUT2D eigenvalue weighted by atomic mass is 10.1. The second-order valence-electron chi connectivity index (χ2n) is 4.90. The van der Waals surface area contributed by atoms with Gasteiger partial charge < -0.3 is 5.32 Å². The first-order valence-electron chi connectivity index (χ1n) is 6.97. The van der Waals surface area contributed by atoms with E-state index in [-0.39, 0.29) is 12.5 Å². The molecule has 0 aliphatic carbocycles. The van der Waals surface area contributed by atoms with Crippen molar-refractivity contribution < 1.29 is 9.59 Å². The fourth-order valence-electron chi connectivity index (χ4n) is 1.77. The predicted molar refractivity (Wildman–Crippen MR) is 90.7 cm³/mol. The van der Waals surface area contributed by atoms with E-state index in [0.717, 1.165) is 11.1 Å². The van der Waals surface area contributed by atoms with Crippen molar-refractivity contribution in [2.24, 2.45) is 5.10 Å². The highest BCUT2D eigenvalue weighted by molar-refractivity contribution is 6.30. The summed E-state index contributed by atoms with van der Waals surface area (Å²) in [6.07, 6.45) is 1.48. The van der Waals surface area contributed by atoms with Crippen molar-refractivity contribution in [3.8, 4) is 0 Å². The predicted octanol–water partition coefficient (Wildman–Crippen LogP) is 2.53. The Labute approximate surface area is 139 Å². The standard InChI is InChI=1S/C17H16ClN3O2/c1-12-5-7-14(8-6-12)17(23)19-11-16(22)21-20-10-13-3-2-4-15(18)9-13/h2-10H,11H2,1H3,(H,19,23)(H,21,22)/b20-10-. The molecule has 5 nitrogen and oxygen atoms in total. The van der Waals surface area contributed by atoms with E-state index < -0.39 is 5.91 Å². The van der Waals surface area contributed by atoms with Crippen LogP contribution in [0.4, 0.5) is 0 Å². The molecule has 0 fully saturated rings. The molecule has 0 aromatic heterocycles. The second kappa shape index (κ2) is 8.10. The van der Waals surface area contributed by atoms with Crippen LogP contribution in [-0.4, -0.2) is 24.6 Å². The molecule has 0 bridgehead atoms. The van der Waals surface area contributed by atoms with E-state index in [1.165, 1.54) is 6.21 Å². The van der Waals surface area contributed by atoms with Crippen LogP contribution < -0.4 is 10.7 Å². The molecule has 2 rings (SSSR count). The van der Waals surface area contributed by atoms with Gasteiger partial charge in [0.1, 0.15) is 0 Å². The third-order valence-corrected chi connectivity index (χ3v) is 3.21. The van der Waals surface area contributed by atoms with E-state index >= 15 is 0 Å². The largest absolute Gasteiger partial charge is 0.343 e. The van der Waals surface area contributed by atoms with Gasteiger partial charge in [-0.15, -0.1) is 0 Å². The minimum Gasteiger partial charge on any atom is -0.343 e. The van der Waals surface area contributed by atoms with Gasteiger partial charge in [0.2, 0.25) is 0 Å². The van der Waals surface area contributed by atoms with Crippen molar-refractivity contribution >= 4 is 29.6 Å². The number of carbonyl (C=O) groups is 2. The van der Waals surface area contributed by atoms with E-state index in [4.69, 9.17) is 11.6 Å². The van der Waals surface area contributed by atoms with Gasteiger partial charge in [-0.1, -0.05) is 41.4 Å². The second-order valence-corrected chi connectivity index (χ2v) is 5.33. The minimum absolute atomic E-state index is 0.153. The van der Waals surface area contributed by atoms with Crippen LogP contribution in [0.15, 0.2) is 53.6 Å². The molecule has 0 radical (unpaired) electrons. The van der Waals surface area contributed by atoms with Crippen LogP contribution in [0.1, 0.15) is 21.5 Å². The highest BCUT2D eigenvalue weighted by Crippen LogP contribution is 2.08. The van der Waals surface area contributed by atoms with Crippen LogP contribution in [0.2, 0.25) is 5.02 Å². The van der Waals surface area contributed by atoms with E-state index in [9.17, 15) is 9.59 Å². The summed E-state index contributed by atoms with van der Waals surface area (Å²) in [7, 11) is 0. The van der Waals surface area contributed by atoms with Gasteiger partial charge in [-0.2, -0.15) is 5.10 Å². The number of aryl methyl sites for hydroxylation is 1. The van der Waals surface area contributed by atoms with Crippen LogP contribution in [0.3, 0.4) is 0 Å². The average molecular weight is 330 g/mol. The third-order valence-electron chi connectivity index (χ3n) is 2.97. The zero-order valence-electron chi connectivity index (χ0n) is 12.5. The topological polar surface area (TPSA) is 70.6 Å². The fraction of sp³-hybridized carbons (Fsp3) is 0.118. The minimum atomic E-state index is -0.413. The van der Waals surface area contributed by atoms with Gasteiger partial charge in [0.15, 0.2) is 0 Å². The maximum atomic E-state index is 11.8. The molecule has 0 unspecified atom stereocenters. The Morgan fingerprint density at radius 3 is 2.61 bits per heavy atom. The van der Waals surface area contributed by atoms with Crippen LogP contribution in [0.5, 0.6) is 0 Å². The summed E-state index contributed by atoms with van der Waals surface area (Å²) >= 11 is 5.84. The molecular weight excluding hydrogens is 314 g/mol. The van der Waals surface area contributed by atoms with Crippen LogP contribution in [0.25, 0.3) is 0 Å². The monoisotopic (exact) mass is 329 g/mol. The molecule has 2 aromatic rings. The molecule has 6 heteroatoms. The Morgan fingerprint density at radius 2 is 1.91 bits per heavy atom. The Hall–Kier alpha value is -2.66. The van der Waals surface area contributed by atoms with Crippen LogP contribution in [-0.2, 0) is 4.79 Å². The van der Waals surface area contributed by atoms with Gasteiger partial charge >= 0.3 is 0 Å². The SMILES string of the molecule is Cc1ccc(C(=O)NCC(=O)N/N=C\c2cccc(Cl)c2)cc1. The summed E-state index contributed by atoms with van der Waals surface area (Å²) in [4.78, 5) is 23.5. The van der Waals surface area contributed by atoms with Crippen molar-refractivity contribution in [2.45, 2.75) is 6.92 Å². The summed E-state index contributed by atoms with van der Waals surface area (Å²) in [5.74, 6) is -0.720. The first-order valence-corrected chi connectivity index (χ1v) is 7.35. The number of hydrogen-bond donors (Lipinski definition) is 2. The quantitative estimate of drug-likeness (QED) is 0.653. The maximum absolute atomic E-state index is 11.8. The van der Waals surface area contributed by atoms with Gasteiger partial charge in [0.05, 0.1) is 12.8 Å². The van der Waals surface area contributed by atoms with Crippen molar-refractivity contribution in [1.82, 2.24) is 10.7 Å². The van der Waals surface area contributed by atoms with Crippen LogP contribution >= 0.6 is 11.6 Å². The van der Waals surface area contributed by atoms with Crippen molar-refractivity contribution in [3.05, 3.63) is 70.2 Å². The molecule has 2 N–H and O–H groups in total. The van der Waals surface area contributed by atoms with Gasteiger partial charge in [-0.05, 0) is 36.8 Å². The number of rotatable bonds is 5. The van der Waals surface area contributed by atoms with Crippen molar-refractivity contribution in [1.29, 1.82) is 0 Å². The molecule has 0 atom stereocenters. The van der Waals surface area contributed by atoms with E-state index in [2.05, 4.69) is 15.8 Å². The molecule has 0 spiro atoms.